The number of nitrogens with zero attached hydrogens (tertiary/aromatic N) is 1. The van der Waals surface area contributed by atoms with Crippen LogP contribution < -0.4 is 4.74 Å². The molecule has 4 nitrogen and oxygen atoms in total. The maximum Gasteiger partial charge on any atom is 0.573 e. The van der Waals surface area contributed by atoms with Crippen molar-refractivity contribution in [3.8, 4) is 5.75 Å². The molecule has 1 rings (SSSR count). The van der Waals surface area contributed by atoms with Gasteiger partial charge in [-0.25, -0.2) is 8.78 Å². The molecule has 0 aromatic carbocycles. The molecule has 19 heavy (non-hydrogen) atoms. The number of aliphatic carboxylic acids is 1. The molecule has 0 saturated heterocycles. The Kier molecular flexibility index (Phi) is 4.28. The van der Waals surface area contributed by atoms with E-state index in [1.165, 1.54) is 0 Å². The fraction of sp³-hybridized carbons (Fsp3) is 0.400. The van der Waals surface area contributed by atoms with Gasteiger partial charge in [0.2, 0.25) is 0 Å². The maximum absolute atomic E-state index is 12.5. The van der Waals surface area contributed by atoms with Gasteiger partial charge in [-0.2, -0.15) is 0 Å². The van der Waals surface area contributed by atoms with Gasteiger partial charge >= 0.3 is 12.3 Å². The predicted octanol–water partition coefficient (Wildman–Crippen LogP) is 2.85. The largest absolute Gasteiger partial charge is 0.573 e. The zero-order valence-corrected chi connectivity index (χ0v) is 9.46. The fourth-order valence-corrected chi connectivity index (χ4v) is 1.45. The lowest BCUT2D eigenvalue weighted by Gasteiger charge is -2.15. The normalized spacial score (nSPS) is 11.7. The first-order chi connectivity index (χ1) is 8.61. The molecule has 0 aliphatic heterocycles. The number of carbonyl (C=O) groups is 1. The van der Waals surface area contributed by atoms with E-state index in [0.29, 0.717) is 6.20 Å². The van der Waals surface area contributed by atoms with Crippen LogP contribution in [0, 0.1) is 6.92 Å². The Labute approximate surface area is 103 Å². The number of ether oxygens (including phenoxy) is 1. The second-order valence-electron chi connectivity index (χ2n) is 3.53. The number of carboxylic acid groups (broad SMARTS) is 1. The lowest BCUT2D eigenvalue weighted by atomic mass is 10.0. The summed E-state index contributed by atoms with van der Waals surface area (Å²) < 4.78 is 65.0. The van der Waals surface area contributed by atoms with Gasteiger partial charge in [-0.1, -0.05) is 0 Å². The van der Waals surface area contributed by atoms with E-state index in [1.807, 2.05) is 0 Å². The van der Waals surface area contributed by atoms with Crippen molar-refractivity contribution >= 4 is 5.97 Å². The van der Waals surface area contributed by atoms with Crippen LogP contribution in [0.5, 0.6) is 5.75 Å². The number of hydrogen-bond donors (Lipinski definition) is 1. The second kappa shape index (κ2) is 5.37. The van der Waals surface area contributed by atoms with Gasteiger partial charge in [-0.15, -0.1) is 13.2 Å². The molecule has 0 atom stereocenters. The van der Waals surface area contributed by atoms with Crippen LogP contribution in [-0.4, -0.2) is 22.4 Å². The van der Waals surface area contributed by atoms with Crippen LogP contribution in [0.15, 0.2) is 6.20 Å². The number of aromatic nitrogens is 1. The van der Waals surface area contributed by atoms with E-state index < -0.39 is 42.2 Å². The molecular weight excluding hydrogens is 277 g/mol. The van der Waals surface area contributed by atoms with Crippen LogP contribution in [0.1, 0.15) is 23.2 Å². The first-order valence-corrected chi connectivity index (χ1v) is 4.86. The lowest BCUT2D eigenvalue weighted by molar-refractivity contribution is -0.275. The maximum atomic E-state index is 12.5. The number of hydrogen-bond acceptors (Lipinski definition) is 3. The molecular formula is C10H8F5NO3. The third-order valence-corrected chi connectivity index (χ3v) is 2.22. The summed E-state index contributed by atoms with van der Waals surface area (Å²) in [6.45, 7) is 1.07. The first-order valence-electron chi connectivity index (χ1n) is 4.86. The molecule has 0 saturated carbocycles. The molecule has 1 heterocycles. The SMILES string of the molecule is Cc1c(C(F)F)ncc(OC(F)(F)F)c1CC(=O)O. The molecule has 0 spiro atoms. The second-order valence-corrected chi connectivity index (χ2v) is 3.53. The highest BCUT2D eigenvalue weighted by atomic mass is 19.4. The van der Waals surface area contributed by atoms with Crippen molar-refractivity contribution in [2.24, 2.45) is 0 Å². The Bertz CT molecular complexity index is 487. The average Bonchev–Trinajstić information content (AvgIpc) is 2.20. The van der Waals surface area contributed by atoms with E-state index in [1.54, 1.807) is 0 Å². The Morgan fingerprint density at radius 1 is 1.47 bits per heavy atom. The van der Waals surface area contributed by atoms with Gasteiger partial charge in [0.1, 0.15) is 5.69 Å². The van der Waals surface area contributed by atoms with Crippen molar-refractivity contribution in [1.29, 1.82) is 0 Å². The summed E-state index contributed by atoms with van der Waals surface area (Å²) in [5.41, 5.74) is -1.58. The van der Waals surface area contributed by atoms with Crippen LogP contribution in [0.2, 0.25) is 0 Å². The summed E-state index contributed by atoms with van der Waals surface area (Å²) in [6.07, 6.45) is -8.51. The predicted molar refractivity (Wildman–Crippen MR) is 52.0 cm³/mol. The number of rotatable bonds is 4. The highest BCUT2D eigenvalue weighted by Crippen LogP contribution is 2.32. The van der Waals surface area contributed by atoms with Crippen molar-refractivity contribution in [3.63, 3.8) is 0 Å². The zero-order valence-electron chi connectivity index (χ0n) is 9.46. The van der Waals surface area contributed by atoms with Crippen molar-refractivity contribution in [1.82, 2.24) is 4.98 Å². The van der Waals surface area contributed by atoms with E-state index in [9.17, 15) is 26.7 Å². The van der Waals surface area contributed by atoms with E-state index >= 15 is 0 Å². The number of pyridine rings is 1. The van der Waals surface area contributed by atoms with Crippen LogP contribution in [0.25, 0.3) is 0 Å². The van der Waals surface area contributed by atoms with Crippen molar-refractivity contribution in [2.75, 3.05) is 0 Å². The molecule has 0 unspecified atom stereocenters. The summed E-state index contributed by atoms with van der Waals surface area (Å²) in [6, 6.07) is 0. The molecule has 0 amide bonds. The fourth-order valence-electron chi connectivity index (χ4n) is 1.45. The molecule has 9 heteroatoms. The van der Waals surface area contributed by atoms with Crippen LogP contribution in [0.4, 0.5) is 22.0 Å². The zero-order chi connectivity index (χ0) is 14.8. The molecule has 1 aromatic heterocycles. The standard InChI is InChI=1S/C10H8F5NO3/c1-4-5(2-7(17)18)6(19-10(13,14)15)3-16-8(4)9(11)12/h3,9H,2H2,1H3,(H,17,18). The summed E-state index contributed by atoms with van der Waals surface area (Å²) >= 11 is 0. The van der Waals surface area contributed by atoms with Crippen LogP contribution in [0.3, 0.4) is 0 Å². The lowest BCUT2D eigenvalue weighted by Crippen LogP contribution is -2.20. The Balaban J connectivity index is 3.31. The van der Waals surface area contributed by atoms with E-state index in [0.717, 1.165) is 6.92 Å². The van der Waals surface area contributed by atoms with Gasteiger partial charge in [0.25, 0.3) is 6.43 Å². The third kappa shape index (κ3) is 4.04. The first kappa shape index (κ1) is 15.1. The molecule has 1 aromatic rings. The van der Waals surface area contributed by atoms with Crippen molar-refractivity contribution in [3.05, 3.63) is 23.0 Å². The molecule has 106 valence electrons. The van der Waals surface area contributed by atoms with Crippen LogP contribution in [-0.2, 0) is 11.2 Å². The van der Waals surface area contributed by atoms with Gasteiger partial charge < -0.3 is 9.84 Å². The highest BCUT2D eigenvalue weighted by Gasteiger charge is 2.33. The molecule has 0 fully saturated rings. The van der Waals surface area contributed by atoms with E-state index in [2.05, 4.69) is 9.72 Å². The smallest absolute Gasteiger partial charge is 0.481 e. The van der Waals surface area contributed by atoms with Gasteiger partial charge in [0.05, 0.1) is 12.6 Å². The minimum atomic E-state index is -5.06. The topological polar surface area (TPSA) is 59.4 Å². The summed E-state index contributed by atoms with van der Waals surface area (Å²) in [4.78, 5) is 13.7. The summed E-state index contributed by atoms with van der Waals surface area (Å²) in [7, 11) is 0. The molecule has 0 aliphatic rings. The molecule has 1 N–H and O–H groups in total. The third-order valence-electron chi connectivity index (χ3n) is 2.22. The van der Waals surface area contributed by atoms with E-state index in [-0.39, 0.29) is 5.56 Å². The average molecular weight is 285 g/mol. The quantitative estimate of drug-likeness (QED) is 0.864. The van der Waals surface area contributed by atoms with Crippen LogP contribution >= 0.6 is 0 Å². The number of alkyl halides is 5. The van der Waals surface area contributed by atoms with Gasteiger partial charge in [-0.05, 0) is 12.5 Å². The summed E-state index contributed by atoms with van der Waals surface area (Å²) in [5, 5.41) is 8.60. The number of carboxylic acids is 1. The monoisotopic (exact) mass is 285 g/mol. The molecule has 0 radical (unpaired) electrons. The Morgan fingerprint density at radius 2 is 2.05 bits per heavy atom. The van der Waals surface area contributed by atoms with Gasteiger partial charge in [-0.3, -0.25) is 9.78 Å². The Hall–Kier alpha value is -1.93. The van der Waals surface area contributed by atoms with Gasteiger partial charge in [0, 0.05) is 5.56 Å². The summed E-state index contributed by atoms with van der Waals surface area (Å²) in [5.74, 6) is -2.36. The molecule has 0 aliphatic carbocycles. The highest BCUT2D eigenvalue weighted by molar-refractivity contribution is 5.72. The van der Waals surface area contributed by atoms with Gasteiger partial charge in [0.15, 0.2) is 5.75 Å². The minimum Gasteiger partial charge on any atom is -0.481 e. The van der Waals surface area contributed by atoms with Crippen molar-refractivity contribution in [2.45, 2.75) is 26.1 Å². The molecule has 0 bridgehead atoms. The Morgan fingerprint density at radius 3 is 2.47 bits per heavy atom. The number of halogens is 5. The van der Waals surface area contributed by atoms with Crippen molar-refractivity contribution < 1.29 is 36.6 Å². The minimum absolute atomic E-state index is 0.334. The van der Waals surface area contributed by atoms with E-state index in [4.69, 9.17) is 5.11 Å².